The molecule has 98 valence electrons. The zero-order valence-electron chi connectivity index (χ0n) is 9.75. The van der Waals surface area contributed by atoms with Crippen LogP contribution in [0.1, 0.15) is 0 Å². The van der Waals surface area contributed by atoms with E-state index in [1.165, 1.54) is 0 Å². The van der Waals surface area contributed by atoms with Crippen LogP contribution >= 0.6 is 0 Å². The molecule has 0 spiro atoms. The predicted octanol–water partition coefficient (Wildman–Crippen LogP) is -0.844. The van der Waals surface area contributed by atoms with Crippen molar-refractivity contribution in [2.24, 2.45) is 0 Å². The van der Waals surface area contributed by atoms with Crippen LogP contribution in [0.2, 0.25) is 0 Å². The van der Waals surface area contributed by atoms with Crippen molar-refractivity contribution in [1.82, 2.24) is 9.80 Å². The van der Waals surface area contributed by atoms with E-state index in [1.807, 2.05) is 0 Å². The third-order valence-corrected chi connectivity index (χ3v) is 1.67. The summed E-state index contributed by atoms with van der Waals surface area (Å²) in [6, 6.07) is 0. The number of carboxylic acids is 2. The van der Waals surface area contributed by atoms with Gasteiger partial charge in [0.15, 0.2) is 0 Å². The van der Waals surface area contributed by atoms with Crippen LogP contribution in [-0.4, -0.2) is 78.4 Å². The zero-order valence-corrected chi connectivity index (χ0v) is 9.75. The Morgan fingerprint density at radius 1 is 1.06 bits per heavy atom. The number of carbonyl (C=O) groups excluding carboxylic acids is 1. The number of rotatable bonds is 7. The maximum absolute atomic E-state index is 11.4. The second kappa shape index (κ2) is 7.44. The smallest absolute Gasteiger partial charge is 0.410 e. The molecule has 0 unspecified atom stereocenters. The average Bonchev–Trinajstić information content (AvgIpc) is 2.14. The topological polar surface area (TPSA) is 107 Å². The first-order valence-electron chi connectivity index (χ1n) is 4.83. The number of amides is 1. The third kappa shape index (κ3) is 8.03. The maximum atomic E-state index is 11.4. The quantitative estimate of drug-likeness (QED) is 0.604. The van der Waals surface area contributed by atoms with Crippen molar-refractivity contribution in [2.45, 2.75) is 0 Å². The average molecular weight is 248 g/mol. The molecule has 0 radical (unpaired) electrons. The molecule has 0 aliphatic heterocycles. The second-order valence-corrected chi connectivity index (χ2v) is 3.56. The molecule has 0 fully saturated rings. The van der Waals surface area contributed by atoms with Crippen molar-refractivity contribution >= 4 is 18.0 Å². The third-order valence-electron chi connectivity index (χ3n) is 1.67. The van der Waals surface area contributed by atoms with Crippen LogP contribution in [0.15, 0.2) is 0 Å². The lowest BCUT2D eigenvalue weighted by molar-refractivity contribution is -0.141. The van der Waals surface area contributed by atoms with Gasteiger partial charge >= 0.3 is 18.0 Å². The fourth-order valence-electron chi connectivity index (χ4n) is 0.918. The molecule has 8 heteroatoms. The largest absolute Gasteiger partial charge is 0.480 e. The number of carboxylic acid groups (broad SMARTS) is 2. The van der Waals surface area contributed by atoms with Gasteiger partial charge in [-0.3, -0.25) is 14.5 Å². The summed E-state index contributed by atoms with van der Waals surface area (Å²) in [4.78, 5) is 34.6. The molecule has 8 nitrogen and oxygen atoms in total. The number of ether oxygens (including phenoxy) is 1. The lowest BCUT2D eigenvalue weighted by atomic mass is 10.5. The lowest BCUT2D eigenvalue weighted by Gasteiger charge is -2.18. The van der Waals surface area contributed by atoms with Gasteiger partial charge in [0.1, 0.15) is 19.7 Å². The van der Waals surface area contributed by atoms with Gasteiger partial charge in [0, 0.05) is 6.54 Å². The van der Waals surface area contributed by atoms with E-state index in [0.717, 1.165) is 0 Å². The minimum atomic E-state index is -1.30. The molecule has 0 aliphatic carbocycles. The van der Waals surface area contributed by atoms with E-state index in [-0.39, 0.29) is 6.61 Å². The van der Waals surface area contributed by atoms with E-state index in [2.05, 4.69) is 0 Å². The summed E-state index contributed by atoms with van der Waals surface area (Å²) in [6.45, 7) is -0.860. The molecule has 0 aromatic heterocycles. The van der Waals surface area contributed by atoms with Gasteiger partial charge in [-0.25, -0.2) is 4.79 Å². The van der Waals surface area contributed by atoms with Gasteiger partial charge in [-0.05, 0) is 14.1 Å². The Morgan fingerprint density at radius 3 is 1.88 bits per heavy atom. The van der Waals surface area contributed by atoms with Crippen molar-refractivity contribution < 1.29 is 29.3 Å². The van der Waals surface area contributed by atoms with E-state index < -0.39 is 31.1 Å². The molecular formula is C9H16N2O6. The first-order chi connectivity index (χ1) is 7.82. The van der Waals surface area contributed by atoms with E-state index in [0.29, 0.717) is 11.4 Å². The summed E-state index contributed by atoms with van der Waals surface area (Å²) < 4.78 is 4.74. The number of nitrogens with zero attached hydrogens (tertiary/aromatic N) is 2. The Hall–Kier alpha value is -1.83. The van der Waals surface area contributed by atoms with E-state index in [4.69, 9.17) is 14.9 Å². The molecule has 0 bridgehead atoms. The highest BCUT2D eigenvalue weighted by atomic mass is 16.6. The summed E-state index contributed by atoms with van der Waals surface area (Å²) in [5.74, 6) is -2.59. The van der Waals surface area contributed by atoms with Gasteiger partial charge < -0.3 is 19.8 Å². The van der Waals surface area contributed by atoms with Crippen molar-refractivity contribution in [3.63, 3.8) is 0 Å². The molecule has 0 atom stereocenters. The van der Waals surface area contributed by atoms with Gasteiger partial charge in [-0.15, -0.1) is 0 Å². The maximum Gasteiger partial charge on any atom is 0.410 e. The van der Waals surface area contributed by atoms with Crippen LogP contribution in [0.4, 0.5) is 4.79 Å². The molecular weight excluding hydrogens is 232 g/mol. The SMILES string of the molecule is CN(C)CCOC(=O)N(CC(=O)O)CC(=O)O. The van der Waals surface area contributed by atoms with Crippen molar-refractivity contribution in [2.75, 3.05) is 40.3 Å². The fourth-order valence-corrected chi connectivity index (χ4v) is 0.918. The second-order valence-electron chi connectivity index (χ2n) is 3.56. The molecule has 0 heterocycles. The monoisotopic (exact) mass is 248 g/mol. The normalized spacial score (nSPS) is 10.1. The summed E-state index contributed by atoms with van der Waals surface area (Å²) in [5, 5.41) is 17.0. The molecule has 1 amide bonds. The summed E-state index contributed by atoms with van der Waals surface area (Å²) >= 11 is 0. The minimum Gasteiger partial charge on any atom is -0.480 e. The van der Waals surface area contributed by atoms with E-state index in [1.54, 1.807) is 19.0 Å². The van der Waals surface area contributed by atoms with Crippen LogP contribution < -0.4 is 0 Å². The Morgan fingerprint density at radius 2 is 1.53 bits per heavy atom. The Labute approximate surface area is 98.4 Å². The van der Waals surface area contributed by atoms with Gasteiger partial charge in [-0.2, -0.15) is 0 Å². The number of carbonyl (C=O) groups is 3. The Bertz CT molecular complexity index is 275. The van der Waals surface area contributed by atoms with Gasteiger partial charge in [0.05, 0.1) is 0 Å². The van der Waals surface area contributed by atoms with Gasteiger partial charge in [-0.1, -0.05) is 0 Å². The van der Waals surface area contributed by atoms with Gasteiger partial charge in [0.2, 0.25) is 0 Å². The summed E-state index contributed by atoms with van der Waals surface area (Å²) in [6.07, 6.45) is -0.948. The molecule has 17 heavy (non-hydrogen) atoms. The summed E-state index contributed by atoms with van der Waals surface area (Å²) in [7, 11) is 3.56. The number of hydrogen-bond acceptors (Lipinski definition) is 5. The van der Waals surface area contributed by atoms with Crippen molar-refractivity contribution in [3.05, 3.63) is 0 Å². The fraction of sp³-hybridized carbons (Fsp3) is 0.667. The molecule has 2 N–H and O–H groups in total. The van der Waals surface area contributed by atoms with Crippen molar-refractivity contribution in [3.8, 4) is 0 Å². The lowest BCUT2D eigenvalue weighted by Crippen LogP contribution is -2.40. The van der Waals surface area contributed by atoms with E-state index in [9.17, 15) is 14.4 Å². The number of likely N-dealkylation sites (N-methyl/N-ethyl adjacent to an activating group) is 1. The first kappa shape index (κ1) is 15.2. The molecule has 0 saturated carbocycles. The van der Waals surface area contributed by atoms with Crippen molar-refractivity contribution in [1.29, 1.82) is 0 Å². The summed E-state index contributed by atoms with van der Waals surface area (Å²) in [5.41, 5.74) is 0. The highest BCUT2D eigenvalue weighted by Crippen LogP contribution is 1.95. The van der Waals surface area contributed by atoms with Crippen LogP contribution in [0, 0.1) is 0 Å². The Balaban J connectivity index is 4.22. The standard InChI is InChI=1S/C9H16N2O6/c1-10(2)3-4-17-9(16)11(5-7(12)13)6-8(14)15/h3-6H2,1-2H3,(H,12,13)(H,14,15). The molecule has 0 rings (SSSR count). The number of hydrogen-bond donors (Lipinski definition) is 2. The van der Waals surface area contributed by atoms with Crippen LogP contribution in [0.25, 0.3) is 0 Å². The molecule has 0 aromatic rings. The predicted molar refractivity (Wildman–Crippen MR) is 56.7 cm³/mol. The highest BCUT2D eigenvalue weighted by Gasteiger charge is 2.20. The number of aliphatic carboxylic acids is 2. The van der Waals surface area contributed by atoms with E-state index >= 15 is 0 Å². The molecule has 0 saturated heterocycles. The van der Waals surface area contributed by atoms with Gasteiger partial charge in [0.25, 0.3) is 0 Å². The Kier molecular flexibility index (Phi) is 6.64. The van der Waals surface area contributed by atoms with Crippen LogP contribution in [0.3, 0.4) is 0 Å². The minimum absolute atomic E-state index is 0.0710. The first-order valence-corrected chi connectivity index (χ1v) is 4.83. The van der Waals surface area contributed by atoms with Crippen LogP contribution in [0.5, 0.6) is 0 Å². The molecule has 0 aromatic carbocycles. The zero-order chi connectivity index (χ0) is 13.4. The highest BCUT2D eigenvalue weighted by molar-refractivity contribution is 5.81. The molecule has 0 aliphatic rings. The van der Waals surface area contributed by atoms with Crippen LogP contribution in [-0.2, 0) is 14.3 Å².